The number of nitrogen functional groups attached to an aromatic ring is 1. The number of pyridine rings is 1. The van der Waals surface area contributed by atoms with Crippen LogP contribution in [0.4, 0.5) is 5.95 Å². The summed E-state index contributed by atoms with van der Waals surface area (Å²) in [5.41, 5.74) is 7.71. The Hall–Kier alpha value is -3.95. The topological polar surface area (TPSA) is 138 Å². The summed E-state index contributed by atoms with van der Waals surface area (Å²) in [5.74, 6) is 1.41. The Labute approximate surface area is 204 Å². The Bertz CT molecular complexity index is 1320. The molecular formula is C25H30N8O2. The molecule has 0 saturated heterocycles. The summed E-state index contributed by atoms with van der Waals surface area (Å²) in [7, 11) is 0. The number of carbonyl (C=O) groups is 1. The SMILES string of the molecule is CC(=O)C(C)(C)Cn1cc(-c2nc(C(C)(c3ccc(-c4cnc(N)nc4)nc3)C(C)C)no2)cn1. The number of Topliss-reactive ketones (excluding diaryl/α,β-unsaturated/α-hetero) is 1. The number of hydrogen-bond donors (Lipinski definition) is 1. The maximum absolute atomic E-state index is 11.9. The van der Waals surface area contributed by atoms with Crippen LogP contribution in [0.5, 0.6) is 0 Å². The van der Waals surface area contributed by atoms with Crippen molar-refractivity contribution in [3.05, 3.63) is 54.5 Å². The molecule has 0 aliphatic heterocycles. The Morgan fingerprint density at radius 2 is 1.77 bits per heavy atom. The number of carbonyl (C=O) groups excluding carboxylic acids is 1. The zero-order valence-corrected chi connectivity index (χ0v) is 20.9. The molecule has 35 heavy (non-hydrogen) atoms. The Kier molecular flexibility index (Phi) is 6.23. The van der Waals surface area contributed by atoms with Crippen LogP contribution in [0.2, 0.25) is 0 Å². The van der Waals surface area contributed by atoms with E-state index in [9.17, 15) is 4.79 Å². The van der Waals surface area contributed by atoms with Gasteiger partial charge < -0.3 is 10.3 Å². The van der Waals surface area contributed by atoms with E-state index in [0.717, 1.165) is 16.8 Å². The summed E-state index contributed by atoms with van der Waals surface area (Å²) >= 11 is 0. The molecule has 4 heterocycles. The standard InChI is InChI=1S/C25H30N8O2/c1-15(2)25(6,19-7-8-20(27-12-19)17-9-28-23(26)29-10-17)22-31-21(35-32-22)18-11-30-33(13-18)14-24(4,5)16(3)34/h7-13,15H,14H2,1-6H3,(H2,26,28,29). The molecule has 0 fully saturated rings. The van der Waals surface area contributed by atoms with Crippen LogP contribution in [-0.2, 0) is 16.8 Å². The molecule has 0 aromatic carbocycles. The molecule has 2 N–H and O–H groups in total. The van der Waals surface area contributed by atoms with Crippen molar-refractivity contribution >= 4 is 11.7 Å². The first kappa shape index (κ1) is 24.2. The minimum Gasteiger partial charge on any atom is -0.368 e. The largest absolute Gasteiger partial charge is 0.368 e. The van der Waals surface area contributed by atoms with Crippen LogP contribution in [0.3, 0.4) is 0 Å². The summed E-state index contributed by atoms with van der Waals surface area (Å²) in [4.78, 5) is 29.3. The average Bonchev–Trinajstić information content (AvgIpc) is 3.49. The fraction of sp³-hybridized carbons (Fsp3) is 0.400. The first-order valence-corrected chi connectivity index (χ1v) is 11.4. The highest BCUT2D eigenvalue weighted by molar-refractivity contribution is 5.81. The predicted octanol–water partition coefficient (Wildman–Crippen LogP) is 3.94. The van der Waals surface area contributed by atoms with Gasteiger partial charge in [0.25, 0.3) is 5.89 Å². The highest BCUT2D eigenvalue weighted by atomic mass is 16.5. The van der Waals surface area contributed by atoms with Gasteiger partial charge in [-0.2, -0.15) is 10.1 Å². The number of ketones is 1. The summed E-state index contributed by atoms with van der Waals surface area (Å²) in [6, 6.07) is 3.93. The molecule has 0 saturated carbocycles. The summed E-state index contributed by atoms with van der Waals surface area (Å²) < 4.78 is 7.36. The van der Waals surface area contributed by atoms with Crippen molar-refractivity contribution in [2.45, 2.75) is 53.5 Å². The lowest BCUT2D eigenvalue weighted by Gasteiger charge is -2.30. The molecule has 0 aliphatic carbocycles. The molecule has 0 amide bonds. The molecule has 0 aliphatic rings. The van der Waals surface area contributed by atoms with Crippen LogP contribution in [0.1, 0.15) is 52.9 Å². The van der Waals surface area contributed by atoms with Gasteiger partial charge in [0, 0.05) is 35.8 Å². The van der Waals surface area contributed by atoms with Crippen molar-refractivity contribution in [3.8, 4) is 22.7 Å². The maximum atomic E-state index is 11.9. The first-order valence-electron chi connectivity index (χ1n) is 11.4. The zero-order valence-electron chi connectivity index (χ0n) is 20.9. The monoisotopic (exact) mass is 474 g/mol. The van der Waals surface area contributed by atoms with Crippen LogP contribution in [0.15, 0.2) is 47.6 Å². The van der Waals surface area contributed by atoms with Gasteiger partial charge in [0.1, 0.15) is 5.78 Å². The third-order valence-corrected chi connectivity index (χ3v) is 6.77. The second-order valence-electron chi connectivity index (χ2n) is 9.91. The number of hydrogen-bond acceptors (Lipinski definition) is 9. The van der Waals surface area contributed by atoms with E-state index in [1.165, 1.54) is 0 Å². The number of nitrogens with two attached hydrogens (primary N) is 1. The molecule has 10 heteroatoms. The van der Waals surface area contributed by atoms with Crippen LogP contribution >= 0.6 is 0 Å². The first-order chi connectivity index (χ1) is 16.5. The smallest absolute Gasteiger partial charge is 0.261 e. The number of nitrogens with zero attached hydrogens (tertiary/aromatic N) is 7. The van der Waals surface area contributed by atoms with Crippen LogP contribution in [0, 0.1) is 11.3 Å². The zero-order chi connectivity index (χ0) is 25.4. The summed E-state index contributed by atoms with van der Waals surface area (Å²) in [6.07, 6.45) is 8.61. The molecule has 4 rings (SSSR count). The molecule has 182 valence electrons. The second-order valence-corrected chi connectivity index (χ2v) is 9.91. The van der Waals surface area contributed by atoms with Crippen molar-refractivity contribution in [2.75, 3.05) is 5.73 Å². The molecule has 4 aromatic heterocycles. The van der Waals surface area contributed by atoms with Gasteiger partial charge in [-0.3, -0.25) is 14.5 Å². The molecule has 1 atom stereocenters. The van der Waals surface area contributed by atoms with Crippen LogP contribution in [-0.4, -0.2) is 40.7 Å². The maximum Gasteiger partial charge on any atom is 0.261 e. The van der Waals surface area contributed by atoms with Crippen molar-refractivity contribution in [1.82, 2.24) is 34.9 Å². The summed E-state index contributed by atoms with van der Waals surface area (Å²) in [5, 5.41) is 8.70. The Balaban J connectivity index is 1.62. The quantitative estimate of drug-likeness (QED) is 0.402. The minimum atomic E-state index is -0.544. The lowest BCUT2D eigenvalue weighted by atomic mass is 9.73. The fourth-order valence-corrected chi connectivity index (χ4v) is 3.69. The molecule has 0 bridgehead atoms. The van der Waals surface area contributed by atoms with Crippen molar-refractivity contribution in [3.63, 3.8) is 0 Å². The van der Waals surface area contributed by atoms with E-state index in [4.69, 9.17) is 15.2 Å². The molecule has 10 nitrogen and oxygen atoms in total. The van der Waals surface area contributed by atoms with E-state index in [-0.39, 0.29) is 17.6 Å². The lowest BCUT2D eigenvalue weighted by molar-refractivity contribution is -0.125. The third-order valence-electron chi connectivity index (χ3n) is 6.77. The highest BCUT2D eigenvalue weighted by Crippen LogP contribution is 2.38. The van der Waals surface area contributed by atoms with Crippen molar-refractivity contribution < 1.29 is 9.32 Å². The van der Waals surface area contributed by atoms with E-state index < -0.39 is 10.8 Å². The number of anilines is 1. The average molecular weight is 475 g/mol. The minimum absolute atomic E-state index is 0.103. The molecule has 1 unspecified atom stereocenters. The van der Waals surface area contributed by atoms with E-state index >= 15 is 0 Å². The van der Waals surface area contributed by atoms with Gasteiger partial charge in [0.05, 0.1) is 29.4 Å². The lowest BCUT2D eigenvalue weighted by Crippen LogP contribution is -2.31. The van der Waals surface area contributed by atoms with Gasteiger partial charge in [-0.1, -0.05) is 38.9 Å². The van der Waals surface area contributed by atoms with Gasteiger partial charge in [-0.15, -0.1) is 0 Å². The normalized spacial score (nSPS) is 13.7. The third kappa shape index (κ3) is 4.68. The number of rotatable bonds is 8. The van der Waals surface area contributed by atoms with Gasteiger partial charge in [0.15, 0.2) is 5.82 Å². The highest BCUT2D eigenvalue weighted by Gasteiger charge is 2.38. The molecular weight excluding hydrogens is 444 g/mol. The Morgan fingerprint density at radius 1 is 1.06 bits per heavy atom. The predicted molar refractivity (Wildman–Crippen MR) is 131 cm³/mol. The van der Waals surface area contributed by atoms with E-state index in [0.29, 0.717) is 23.8 Å². The van der Waals surface area contributed by atoms with E-state index in [1.54, 1.807) is 30.2 Å². The van der Waals surface area contributed by atoms with E-state index in [2.05, 4.69) is 46.0 Å². The summed E-state index contributed by atoms with van der Waals surface area (Å²) in [6.45, 7) is 12.1. The fourth-order valence-electron chi connectivity index (χ4n) is 3.69. The van der Waals surface area contributed by atoms with Crippen molar-refractivity contribution in [1.29, 1.82) is 0 Å². The molecule has 0 radical (unpaired) electrons. The van der Waals surface area contributed by atoms with Crippen molar-refractivity contribution in [2.24, 2.45) is 11.3 Å². The Morgan fingerprint density at radius 3 is 2.37 bits per heavy atom. The van der Waals surface area contributed by atoms with E-state index in [1.807, 2.05) is 38.4 Å². The van der Waals surface area contributed by atoms with Gasteiger partial charge in [-0.05, 0) is 31.4 Å². The molecule has 4 aromatic rings. The molecule has 0 spiro atoms. The van der Waals surface area contributed by atoms with Gasteiger partial charge >= 0.3 is 0 Å². The van der Waals surface area contributed by atoms with Gasteiger partial charge in [-0.25, -0.2) is 9.97 Å². The second kappa shape index (κ2) is 9.01. The van der Waals surface area contributed by atoms with Gasteiger partial charge in [0.2, 0.25) is 5.95 Å². The number of aromatic nitrogens is 7. The van der Waals surface area contributed by atoms with Crippen LogP contribution < -0.4 is 5.73 Å². The van der Waals surface area contributed by atoms with Crippen LogP contribution in [0.25, 0.3) is 22.7 Å².